The molecule has 2 heteroatoms. The van der Waals surface area contributed by atoms with Gasteiger partial charge in [0.2, 0.25) is 0 Å². The van der Waals surface area contributed by atoms with Gasteiger partial charge in [-0.15, -0.1) is 0 Å². The van der Waals surface area contributed by atoms with Gasteiger partial charge in [-0.25, -0.2) is 0 Å². The first-order valence-electron chi connectivity index (χ1n) is 6.00. The molecule has 0 radical (unpaired) electrons. The first kappa shape index (κ1) is 10.2. The summed E-state index contributed by atoms with van der Waals surface area (Å²) in [5, 5.41) is 0. The Labute approximate surface area is 86.7 Å². The minimum Gasteiger partial charge on any atom is -0.302 e. The van der Waals surface area contributed by atoms with Gasteiger partial charge >= 0.3 is 0 Å². The molecule has 2 fully saturated rings. The molecule has 0 aromatic carbocycles. The number of hydrogen-bond acceptors (Lipinski definition) is 2. The Morgan fingerprint density at radius 3 is 2.57 bits per heavy atom. The van der Waals surface area contributed by atoms with E-state index < -0.39 is 0 Å². The summed E-state index contributed by atoms with van der Waals surface area (Å²) in [6, 6.07) is 0.911. The van der Waals surface area contributed by atoms with Crippen LogP contribution in [0.2, 0.25) is 0 Å². The number of rotatable bonds is 1. The van der Waals surface area contributed by atoms with Crippen molar-refractivity contribution in [1.82, 2.24) is 4.90 Å². The maximum absolute atomic E-state index is 10.9. The Kier molecular flexibility index (Phi) is 3.22. The average Bonchev–Trinajstić information content (AvgIpc) is 2.42. The standard InChI is InChI=1S/C12H21NO/c1-13-11(9-14)8-10-6-4-2-3-5-7-12(10)13/h9-12H,2-8H2,1H3. The molecule has 3 unspecified atom stereocenters. The Balaban J connectivity index is 2.03. The summed E-state index contributed by atoms with van der Waals surface area (Å²) in [6.45, 7) is 0. The average molecular weight is 195 g/mol. The van der Waals surface area contributed by atoms with Crippen LogP contribution in [0.4, 0.5) is 0 Å². The second-order valence-electron chi connectivity index (χ2n) is 4.92. The van der Waals surface area contributed by atoms with Gasteiger partial charge < -0.3 is 4.79 Å². The molecule has 0 N–H and O–H groups in total. The largest absolute Gasteiger partial charge is 0.302 e. The van der Waals surface area contributed by atoms with Crippen LogP contribution in [0, 0.1) is 5.92 Å². The zero-order chi connectivity index (χ0) is 9.97. The number of carbonyl (C=O) groups is 1. The quantitative estimate of drug-likeness (QED) is 0.598. The molecule has 14 heavy (non-hydrogen) atoms. The van der Waals surface area contributed by atoms with Gasteiger partial charge in [0.15, 0.2) is 0 Å². The van der Waals surface area contributed by atoms with Crippen LogP contribution in [0.15, 0.2) is 0 Å². The van der Waals surface area contributed by atoms with E-state index in [-0.39, 0.29) is 6.04 Å². The minimum absolute atomic E-state index is 0.211. The molecular weight excluding hydrogens is 174 g/mol. The summed E-state index contributed by atoms with van der Waals surface area (Å²) in [6.07, 6.45) is 10.4. The highest BCUT2D eigenvalue weighted by molar-refractivity contribution is 5.58. The molecule has 1 aliphatic carbocycles. The van der Waals surface area contributed by atoms with Gasteiger partial charge in [-0.05, 0) is 32.2 Å². The van der Waals surface area contributed by atoms with E-state index in [1.807, 2.05) is 0 Å². The molecular formula is C12H21NO. The lowest BCUT2D eigenvalue weighted by molar-refractivity contribution is -0.111. The molecule has 2 aliphatic rings. The molecule has 0 bridgehead atoms. The monoisotopic (exact) mass is 195 g/mol. The van der Waals surface area contributed by atoms with Crippen molar-refractivity contribution in [2.75, 3.05) is 7.05 Å². The number of likely N-dealkylation sites (N-methyl/N-ethyl adjacent to an activating group) is 1. The summed E-state index contributed by atoms with van der Waals surface area (Å²) in [5.74, 6) is 0.801. The van der Waals surface area contributed by atoms with E-state index in [4.69, 9.17) is 0 Å². The molecule has 2 rings (SSSR count). The summed E-state index contributed by atoms with van der Waals surface area (Å²) in [4.78, 5) is 13.2. The first-order chi connectivity index (χ1) is 6.83. The molecule has 1 saturated heterocycles. The Morgan fingerprint density at radius 2 is 1.86 bits per heavy atom. The number of likely N-dealkylation sites (tertiary alicyclic amines) is 1. The van der Waals surface area contributed by atoms with E-state index >= 15 is 0 Å². The van der Waals surface area contributed by atoms with Crippen LogP contribution in [0.3, 0.4) is 0 Å². The van der Waals surface area contributed by atoms with Crippen LogP contribution < -0.4 is 0 Å². The second kappa shape index (κ2) is 4.43. The van der Waals surface area contributed by atoms with Crippen molar-refractivity contribution in [3.05, 3.63) is 0 Å². The van der Waals surface area contributed by atoms with Crippen LogP contribution in [0.1, 0.15) is 44.9 Å². The Bertz CT molecular complexity index is 204. The topological polar surface area (TPSA) is 20.3 Å². The van der Waals surface area contributed by atoms with Gasteiger partial charge in [0, 0.05) is 6.04 Å². The number of hydrogen-bond donors (Lipinski definition) is 0. The molecule has 3 atom stereocenters. The molecule has 0 spiro atoms. The van der Waals surface area contributed by atoms with E-state index in [2.05, 4.69) is 11.9 Å². The highest BCUT2D eigenvalue weighted by Gasteiger charge is 2.38. The fourth-order valence-corrected chi connectivity index (χ4v) is 3.23. The number of aldehydes is 1. The molecule has 1 aliphatic heterocycles. The summed E-state index contributed by atoms with van der Waals surface area (Å²) in [7, 11) is 2.13. The summed E-state index contributed by atoms with van der Waals surface area (Å²) >= 11 is 0. The van der Waals surface area contributed by atoms with Crippen LogP contribution in [-0.4, -0.2) is 30.3 Å². The molecule has 0 aromatic rings. The van der Waals surface area contributed by atoms with Crippen LogP contribution in [-0.2, 0) is 4.79 Å². The Hall–Kier alpha value is -0.370. The highest BCUT2D eigenvalue weighted by Crippen LogP contribution is 2.36. The van der Waals surface area contributed by atoms with Crippen LogP contribution >= 0.6 is 0 Å². The van der Waals surface area contributed by atoms with Crippen molar-refractivity contribution < 1.29 is 4.79 Å². The van der Waals surface area contributed by atoms with Gasteiger partial charge in [0.1, 0.15) is 6.29 Å². The predicted octanol–water partition coefficient (Wildman–Crippen LogP) is 2.23. The van der Waals surface area contributed by atoms with Gasteiger partial charge in [-0.1, -0.05) is 25.7 Å². The minimum atomic E-state index is 0.211. The van der Waals surface area contributed by atoms with Crippen molar-refractivity contribution in [3.8, 4) is 0 Å². The van der Waals surface area contributed by atoms with Crippen molar-refractivity contribution >= 4 is 6.29 Å². The van der Waals surface area contributed by atoms with Crippen molar-refractivity contribution in [1.29, 1.82) is 0 Å². The first-order valence-corrected chi connectivity index (χ1v) is 6.00. The molecule has 80 valence electrons. The normalized spacial score (nSPS) is 39.9. The van der Waals surface area contributed by atoms with Gasteiger partial charge in [-0.3, -0.25) is 4.90 Å². The lowest BCUT2D eigenvalue weighted by Gasteiger charge is -2.27. The molecule has 2 nitrogen and oxygen atoms in total. The smallest absolute Gasteiger partial charge is 0.137 e. The zero-order valence-corrected chi connectivity index (χ0v) is 9.11. The third kappa shape index (κ3) is 1.85. The lowest BCUT2D eigenvalue weighted by Crippen LogP contribution is -2.35. The van der Waals surface area contributed by atoms with E-state index in [9.17, 15) is 4.79 Å². The fourth-order valence-electron chi connectivity index (χ4n) is 3.23. The van der Waals surface area contributed by atoms with E-state index in [1.54, 1.807) is 0 Å². The maximum atomic E-state index is 10.9. The van der Waals surface area contributed by atoms with Gasteiger partial charge in [0.05, 0.1) is 6.04 Å². The molecule has 1 saturated carbocycles. The second-order valence-corrected chi connectivity index (χ2v) is 4.92. The van der Waals surface area contributed by atoms with Gasteiger partial charge in [-0.2, -0.15) is 0 Å². The highest BCUT2D eigenvalue weighted by atomic mass is 16.1. The number of nitrogens with zero attached hydrogens (tertiary/aromatic N) is 1. The molecule has 1 heterocycles. The maximum Gasteiger partial charge on any atom is 0.137 e. The fraction of sp³-hybridized carbons (Fsp3) is 0.917. The number of carbonyl (C=O) groups excluding carboxylic acids is 1. The van der Waals surface area contributed by atoms with E-state index in [1.165, 1.54) is 38.5 Å². The zero-order valence-electron chi connectivity index (χ0n) is 9.11. The third-order valence-corrected chi connectivity index (χ3v) is 4.12. The number of fused-ring (bicyclic) bond motifs is 1. The van der Waals surface area contributed by atoms with Crippen molar-refractivity contribution in [2.45, 2.75) is 57.0 Å². The van der Waals surface area contributed by atoms with Crippen molar-refractivity contribution in [3.63, 3.8) is 0 Å². The van der Waals surface area contributed by atoms with Crippen LogP contribution in [0.5, 0.6) is 0 Å². The van der Waals surface area contributed by atoms with E-state index in [0.717, 1.165) is 18.6 Å². The Morgan fingerprint density at radius 1 is 1.14 bits per heavy atom. The van der Waals surface area contributed by atoms with Crippen LogP contribution in [0.25, 0.3) is 0 Å². The van der Waals surface area contributed by atoms with Crippen molar-refractivity contribution in [2.24, 2.45) is 5.92 Å². The van der Waals surface area contributed by atoms with Gasteiger partial charge in [0.25, 0.3) is 0 Å². The molecule has 0 aromatic heterocycles. The predicted molar refractivity (Wildman–Crippen MR) is 57.2 cm³/mol. The summed E-state index contributed by atoms with van der Waals surface area (Å²) in [5.41, 5.74) is 0. The van der Waals surface area contributed by atoms with E-state index in [0.29, 0.717) is 6.04 Å². The SMILES string of the molecule is CN1C(C=O)CC2CCCCCCC21. The molecule has 0 amide bonds. The lowest BCUT2D eigenvalue weighted by atomic mass is 9.87. The third-order valence-electron chi connectivity index (χ3n) is 4.12. The summed E-state index contributed by atoms with van der Waals surface area (Å²) < 4.78 is 0.